The number of carbonyl (C=O) groups is 1. The lowest BCUT2D eigenvalue weighted by molar-refractivity contribution is -0.116. The second kappa shape index (κ2) is 6.74. The van der Waals surface area contributed by atoms with E-state index < -0.39 is 17.7 Å². The Bertz CT molecular complexity index is 800. The lowest BCUT2D eigenvalue weighted by Gasteiger charge is -2.09. The van der Waals surface area contributed by atoms with Crippen molar-refractivity contribution in [2.24, 2.45) is 5.73 Å². The number of phenolic OH excluding ortho intramolecular Hbond substituents is 1. The Morgan fingerprint density at radius 2 is 2.04 bits per heavy atom. The van der Waals surface area contributed by atoms with E-state index in [0.717, 1.165) is 0 Å². The molecule has 5 nitrogen and oxygen atoms in total. The van der Waals surface area contributed by atoms with Crippen LogP contribution in [0.25, 0.3) is 17.2 Å². The van der Waals surface area contributed by atoms with Crippen molar-refractivity contribution >= 4 is 17.9 Å². The van der Waals surface area contributed by atoms with Crippen LogP contribution in [0.15, 0.2) is 48.0 Å². The van der Waals surface area contributed by atoms with Crippen LogP contribution < -0.4 is 11.1 Å². The minimum absolute atomic E-state index is 0.0627. The quantitative estimate of drug-likeness (QED) is 0.398. The molecule has 6 heteroatoms. The predicted octanol–water partition coefficient (Wildman–Crippen LogP) is 2.61. The van der Waals surface area contributed by atoms with Gasteiger partial charge < -0.3 is 10.8 Å². The first-order valence-corrected chi connectivity index (χ1v) is 6.79. The van der Waals surface area contributed by atoms with Crippen LogP contribution in [0, 0.1) is 11.2 Å². The first-order chi connectivity index (χ1) is 10.9. The van der Waals surface area contributed by atoms with Gasteiger partial charge in [0.2, 0.25) is 0 Å². The molecule has 0 saturated carbocycles. The van der Waals surface area contributed by atoms with Crippen LogP contribution in [0.5, 0.6) is 5.75 Å². The van der Waals surface area contributed by atoms with Crippen LogP contribution in [-0.2, 0) is 4.79 Å². The van der Waals surface area contributed by atoms with Gasteiger partial charge in [0.1, 0.15) is 11.6 Å². The minimum Gasteiger partial charge on any atom is -0.508 e. The molecular weight excluding hydrogens is 297 g/mol. The van der Waals surface area contributed by atoms with Gasteiger partial charge >= 0.3 is 0 Å². The molecule has 0 spiro atoms. The van der Waals surface area contributed by atoms with Crippen LogP contribution in [0.2, 0.25) is 0 Å². The highest BCUT2D eigenvalue weighted by atomic mass is 19.1. The molecule has 0 aliphatic rings. The summed E-state index contributed by atoms with van der Waals surface area (Å²) in [6.07, 6.45) is 1.57. The third kappa shape index (κ3) is 4.16. The van der Waals surface area contributed by atoms with Crippen molar-refractivity contribution < 1.29 is 14.3 Å². The fourth-order valence-corrected chi connectivity index (χ4v) is 2.10. The maximum absolute atomic E-state index is 13.6. The van der Waals surface area contributed by atoms with Crippen molar-refractivity contribution in [3.8, 4) is 16.9 Å². The number of amides is 1. The Morgan fingerprint density at radius 3 is 2.70 bits per heavy atom. The largest absolute Gasteiger partial charge is 0.508 e. The summed E-state index contributed by atoms with van der Waals surface area (Å²) in [5.41, 5.74) is 7.21. The molecule has 0 aliphatic carbocycles. The van der Waals surface area contributed by atoms with Crippen molar-refractivity contribution in [2.45, 2.75) is 6.92 Å². The average Bonchev–Trinajstić information content (AvgIpc) is 2.48. The monoisotopic (exact) mass is 313 g/mol. The van der Waals surface area contributed by atoms with Gasteiger partial charge in [-0.3, -0.25) is 15.5 Å². The summed E-state index contributed by atoms with van der Waals surface area (Å²) in [4.78, 5) is 11.8. The summed E-state index contributed by atoms with van der Waals surface area (Å²) in [6, 6.07) is 10.6. The van der Waals surface area contributed by atoms with Crippen molar-refractivity contribution in [3.05, 3.63) is 59.4 Å². The van der Waals surface area contributed by atoms with Crippen LogP contribution >= 0.6 is 0 Å². The molecule has 23 heavy (non-hydrogen) atoms. The molecule has 0 aliphatic heterocycles. The molecule has 0 heterocycles. The molecule has 2 rings (SSSR count). The van der Waals surface area contributed by atoms with Gasteiger partial charge in [-0.25, -0.2) is 4.39 Å². The zero-order valence-corrected chi connectivity index (χ0v) is 12.4. The van der Waals surface area contributed by atoms with E-state index >= 15 is 0 Å². The second-order valence-electron chi connectivity index (χ2n) is 4.98. The van der Waals surface area contributed by atoms with Crippen LogP contribution in [0.1, 0.15) is 12.5 Å². The summed E-state index contributed by atoms with van der Waals surface area (Å²) >= 11 is 0. The number of aromatic hydroxyl groups is 1. The Hall–Kier alpha value is -3.15. The molecule has 2 aromatic rings. The number of halogens is 1. The lowest BCUT2D eigenvalue weighted by atomic mass is 9.97. The number of carbonyl (C=O) groups excluding carboxylic acids is 1. The molecule has 0 fully saturated rings. The molecule has 0 aromatic heterocycles. The molecule has 0 radical (unpaired) electrons. The zero-order valence-electron chi connectivity index (χ0n) is 12.4. The number of nitrogens with two attached hydrogens (primary N) is 1. The highest BCUT2D eigenvalue weighted by Crippen LogP contribution is 2.29. The van der Waals surface area contributed by atoms with E-state index in [4.69, 9.17) is 11.1 Å². The fourth-order valence-electron chi connectivity index (χ4n) is 2.10. The molecule has 1 amide bonds. The third-order valence-electron chi connectivity index (χ3n) is 3.15. The summed E-state index contributed by atoms with van der Waals surface area (Å²) in [7, 11) is 0. The normalized spacial score (nSPS) is 11.1. The van der Waals surface area contributed by atoms with Gasteiger partial charge in [-0.2, -0.15) is 0 Å². The number of rotatable bonds is 3. The molecule has 2 aromatic carbocycles. The van der Waals surface area contributed by atoms with Crippen molar-refractivity contribution in [1.82, 2.24) is 5.32 Å². The SMILES string of the molecule is C/C(=C\c1ccc(F)cc1-c1cccc(O)c1)C(=O)NC(=N)N. The van der Waals surface area contributed by atoms with E-state index in [2.05, 4.69) is 5.32 Å². The van der Waals surface area contributed by atoms with Gasteiger partial charge in [-0.05, 0) is 54.0 Å². The maximum atomic E-state index is 13.6. The predicted molar refractivity (Wildman–Crippen MR) is 87.2 cm³/mol. The van der Waals surface area contributed by atoms with Crippen LogP contribution in [0.4, 0.5) is 4.39 Å². The smallest absolute Gasteiger partial charge is 0.253 e. The van der Waals surface area contributed by atoms with E-state index in [-0.39, 0.29) is 5.75 Å². The lowest BCUT2D eigenvalue weighted by Crippen LogP contribution is -2.36. The molecule has 5 N–H and O–H groups in total. The summed E-state index contributed by atoms with van der Waals surface area (Å²) < 4.78 is 13.6. The first kappa shape index (κ1) is 16.2. The van der Waals surface area contributed by atoms with Gasteiger partial charge in [0.05, 0.1) is 0 Å². The van der Waals surface area contributed by atoms with E-state index in [1.54, 1.807) is 31.2 Å². The Labute approximate surface area is 132 Å². The Kier molecular flexibility index (Phi) is 4.75. The number of guanidine groups is 1. The van der Waals surface area contributed by atoms with Gasteiger partial charge in [-0.15, -0.1) is 0 Å². The van der Waals surface area contributed by atoms with E-state index in [0.29, 0.717) is 22.3 Å². The van der Waals surface area contributed by atoms with Gasteiger partial charge in [-0.1, -0.05) is 18.2 Å². The first-order valence-electron chi connectivity index (χ1n) is 6.79. The number of phenols is 1. The van der Waals surface area contributed by atoms with E-state index in [1.165, 1.54) is 24.3 Å². The van der Waals surface area contributed by atoms with Crippen LogP contribution in [-0.4, -0.2) is 17.0 Å². The summed E-state index contributed by atoms with van der Waals surface area (Å²) in [5, 5.41) is 18.8. The highest BCUT2D eigenvalue weighted by molar-refractivity contribution is 6.06. The molecule has 0 saturated heterocycles. The summed E-state index contributed by atoms with van der Waals surface area (Å²) in [6.45, 7) is 1.56. The Morgan fingerprint density at radius 1 is 1.30 bits per heavy atom. The molecule has 0 unspecified atom stereocenters. The van der Waals surface area contributed by atoms with Gasteiger partial charge in [0.15, 0.2) is 5.96 Å². The van der Waals surface area contributed by atoms with Crippen molar-refractivity contribution in [3.63, 3.8) is 0 Å². The topological polar surface area (TPSA) is 99.2 Å². The third-order valence-corrected chi connectivity index (χ3v) is 3.15. The zero-order chi connectivity index (χ0) is 17.0. The van der Waals surface area contributed by atoms with Crippen molar-refractivity contribution in [2.75, 3.05) is 0 Å². The number of benzene rings is 2. The number of nitrogens with one attached hydrogen (secondary N) is 2. The van der Waals surface area contributed by atoms with Crippen LogP contribution in [0.3, 0.4) is 0 Å². The molecule has 118 valence electrons. The molecular formula is C17H16FN3O2. The van der Waals surface area contributed by atoms with Gasteiger partial charge in [0.25, 0.3) is 5.91 Å². The van der Waals surface area contributed by atoms with Gasteiger partial charge in [0, 0.05) is 5.57 Å². The molecule has 0 atom stereocenters. The standard InChI is InChI=1S/C17H16FN3O2/c1-10(16(23)21-17(19)20)7-12-5-6-13(18)9-15(12)11-3-2-4-14(22)8-11/h2-9,22H,1H3,(H4,19,20,21,23)/b10-7+. The number of hydrogen-bond acceptors (Lipinski definition) is 3. The van der Waals surface area contributed by atoms with E-state index in [1.807, 2.05) is 0 Å². The maximum Gasteiger partial charge on any atom is 0.253 e. The fraction of sp³-hybridized carbons (Fsp3) is 0.0588. The van der Waals surface area contributed by atoms with Crippen molar-refractivity contribution in [1.29, 1.82) is 5.41 Å². The summed E-state index contributed by atoms with van der Waals surface area (Å²) in [5.74, 6) is -1.32. The highest BCUT2D eigenvalue weighted by Gasteiger charge is 2.09. The minimum atomic E-state index is -0.510. The average molecular weight is 313 g/mol. The number of hydrogen-bond donors (Lipinski definition) is 4. The molecule has 0 bridgehead atoms. The Balaban J connectivity index is 2.47. The second-order valence-corrected chi connectivity index (χ2v) is 4.98. The van der Waals surface area contributed by atoms with E-state index in [9.17, 15) is 14.3 Å².